The molecule has 0 N–H and O–H groups in total. The van der Waals surface area contributed by atoms with Gasteiger partial charge in [0.2, 0.25) is 0 Å². The summed E-state index contributed by atoms with van der Waals surface area (Å²) in [5, 5.41) is 2.40. The third kappa shape index (κ3) is 1.97. The van der Waals surface area contributed by atoms with Crippen molar-refractivity contribution in [3.05, 3.63) is 71.7 Å². The minimum absolute atomic E-state index is 0.0284. The molecule has 0 atom stereocenters. The molecule has 0 spiro atoms. The van der Waals surface area contributed by atoms with Crippen molar-refractivity contribution in [3.8, 4) is 11.1 Å². The average Bonchev–Trinajstić information content (AvgIpc) is 3.00. The first-order valence-electron chi connectivity index (χ1n) is 8.90. The third-order valence-electron chi connectivity index (χ3n) is 3.81. The standard InChI is InChI=1S/C20H16S/c1-13-6-5-7-15(12-13)16-10-11-18-17-8-3-4-9-19(17)21-20(18)14(16)2/h3-12H,1-2H3/i5D,6D,7D,12D. The van der Waals surface area contributed by atoms with Crippen LogP contribution >= 0.6 is 11.3 Å². The monoisotopic (exact) mass is 292 g/mol. The second-order valence-electron chi connectivity index (χ2n) is 5.21. The van der Waals surface area contributed by atoms with Gasteiger partial charge in [0.25, 0.3) is 0 Å². The van der Waals surface area contributed by atoms with Crippen LogP contribution in [0, 0.1) is 13.8 Å². The molecule has 0 aliphatic carbocycles. The Morgan fingerprint density at radius 2 is 1.81 bits per heavy atom. The van der Waals surface area contributed by atoms with Crippen molar-refractivity contribution in [1.82, 2.24) is 0 Å². The molecule has 102 valence electrons. The summed E-state index contributed by atoms with van der Waals surface area (Å²) < 4.78 is 35.0. The minimum atomic E-state index is -0.112. The molecule has 0 radical (unpaired) electrons. The fourth-order valence-corrected chi connectivity index (χ4v) is 3.97. The van der Waals surface area contributed by atoms with E-state index in [1.54, 1.807) is 18.3 Å². The molecule has 1 aromatic heterocycles. The Labute approximate surface area is 134 Å². The lowest BCUT2D eigenvalue weighted by Gasteiger charge is -2.08. The molecule has 0 saturated carbocycles. The Kier molecular flexibility index (Phi) is 2.02. The maximum atomic E-state index is 8.40. The van der Waals surface area contributed by atoms with E-state index in [1.807, 2.05) is 31.2 Å². The highest BCUT2D eigenvalue weighted by molar-refractivity contribution is 7.26. The first-order chi connectivity index (χ1) is 11.9. The van der Waals surface area contributed by atoms with Gasteiger partial charge in [-0.2, -0.15) is 0 Å². The molecule has 4 rings (SSSR count). The Balaban J connectivity index is 2.10. The lowest BCUT2D eigenvalue weighted by atomic mass is 9.97. The molecule has 0 bridgehead atoms. The molecule has 1 heteroatoms. The third-order valence-corrected chi connectivity index (χ3v) is 5.12. The first-order valence-corrected chi connectivity index (χ1v) is 7.71. The Bertz CT molecular complexity index is 1130. The number of hydrogen-bond acceptors (Lipinski definition) is 1. The summed E-state index contributed by atoms with van der Waals surface area (Å²) in [7, 11) is 0. The van der Waals surface area contributed by atoms with Crippen molar-refractivity contribution < 1.29 is 5.48 Å². The van der Waals surface area contributed by atoms with E-state index in [4.69, 9.17) is 5.48 Å². The summed E-state index contributed by atoms with van der Waals surface area (Å²) in [6.45, 7) is 3.69. The van der Waals surface area contributed by atoms with Gasteiger partial charge in [-0.1, -0.05) is 60.1 Å². The minimum Gasteiger partial charge on any atom is -0.135 e. The van der Waals surface area contributed by atoms with Crippen molar-refractivity contribution in [2.75, 3.05) is 0 Å². The zero-order valence-electron chi connectivity index (χ0n) is 15.9. The second-order valence-corrected chi connectivity index (χ2v) is 6.27. The van der Waals surface area contributed by atoms with Gasteiger partial charge in [-0.25, -0.2) is 0 Å². The van der Waals surface area contributed by atoms with Gasteiger partial charge in [-0.15, -0.1) is 11.3 Å². The zero-order valence-corrected chi connectivity index (χ0v) is 12.7. The van der Waals surface area contributed by atoms with E-state index in [9.17, 15) is 0 Å². The molecule has 4 aromatic rings. The Hall–Kier alpha value is -2.12. The summed E-state index contributed by atoms with van der Waals surface area (Å²) >= 11 is 1.71. The first kappa shape index (κ1) is 9.01. The van der Waals surface area contributed by atoms with Crippen molar-refractivity contribution >= 4 is 31.5 Å². The number of rotatable bonds is 1. The van der Waals surface area contributed by atoms with Gasteiger partial charge in [0.1, 0.15) is 0 Å². The van der Waals surface area contributed by atoms with Gasteiger partial charge in [0.05, 0.1) is 5.48 Å². The van der Waals surface area contributed by atoms with Crippen molar-refractivity contribution in [3.63, 3.8) is 0 Å². The number of aryl methyl sites for hydroxylation is 1. The van der Waals surface area contributed by atoms with Crippen LogP contribution in [0.1, 0.15) is 16.6 Å². The molecular weight excluding hydrogens is 272 g/mol. The molecule has 0 fully saturated rings. The van der Waals surface area contributed by atoms with E-state index in [1.165, 1.54) is 15.5 Å². The molecule has 0 saturated heterocycles. The number of hydrogen-bond donors (Lipinski definition) is 0. The fraction of sp³-hybridized carbons (Fsp3) is 0.100. The van der Waals surface area contributed by atoms with Crippen LogP contribution in [0.25, 0.3) is 31.3 Å². The number of benzene rings is 3. The van der Waals surface area contributed by atoms with Crippen LogP contribution in [-0.2, 0) is 0 Å². The fourth-order valence-electron chi connectivity index (χ4n) is 2.77. The largest absolute Gasteiger partial charge is 0.135 e. The maximum absolute atomic E-state index is 8.40. The van der Waals surface area contributed by atoms with E-state index in [0.29, 0.717) is 11.1 Å². The molecule has 3 aromatic carbocycles. The summed E-state index contributed by atoms with van der Waals surface area (Å²) in [4.78, 5) is 0. The van der Waals surface area contributed by atoms with Crippen molar-refractivity contribution in [2.45, 2.75) is 13.8 Å². The highest BCUT2D eigenvalue weighted by Gasteiger charge is 2.10. The van der Waals surface area contributed by atoms with E-state index < -0.39 is 0 Å². The summed E-state index contributed by atoms with van der Waals surface area (Å²) in [5.41, 5.74) is 2.74. The molecule has 0 amide bonds. The number of thiophene rings is 1. The average molecular weight is 292 g/mol. The molecule has 1 heterocycles. The summed E-state index contributed by atoms with van der Waals surface area (Å²) in [6, 6.07) is 12.3. The van der Waals surface area contributed by atoms with E-state index >= 15 is 0 Å². The Morgan fingerprint density at radius 3 is 2.71 bits per heavy atom. The Morgan fingerprint density at radius 1 is 0.952 bits per heavy atom. The SMILES string of the molecule is [2H]c1c([2H])c(C)c([2H])c(-c2ccc3c(sc4ccccc43)c2C)c1[2H]. The van der Waals surface area contributed by atoms with Crippen molar-refractivity contribution in [1.29, 1.82) is 0 Å². The van der Waals surface area contributed by atoms with Gasteiger partial charge in [0, 0.05) is 20.2 Å². The van der Waals surface area contributed by atoms with Gasteiger partial charge in [0.15, 0.2) is 0 Å². The highest BCUT2D eigenvalue weighted by Crippen LogP contribution is 2.39. The highest BCUT2D eigenvalue weighted by atomic mass is 32.1. The predicted octanol–water partition coefficient (Wildman–Crippen LogP) is 6.34. The molecule has 21 heavy (non-hydrogen) atoms. The van der Waals surface area contributed by atoms with Crippen LogP contribution < -0.4 is 0 Å². The van der Waals surface area contributed by atoms with E-state index in [0.717, 1.165) is 15.8 Å². The summed E-state index contributed by atoms with van der Waals surface area (Å²) in [6.07, 6.45) is 0. The maximum Gasteiger partial charge on any atom is 0.0632 e. The van der Waals surface area contributed by atoms with Crippen LogP contribution in [0.4, 0.5) is 0 Å². The van der Waals surface area contributed by atoms with Gasteiger partial charge in [-0.3, -0.25) is 0 Å². The zero-order chi connectivity index (χ0) is 17.9. The lowest BCUT2D eigenvalue weighted by Crippen LogP contribution is -1.84. The molecule has 0 aliphatic heterocycles. The normalized spacial score (nSPS) is 14.0. The second kappa shape index (κ2) is 4.71. The smallest absolute Gasteiger partial charge is 0.0632 e. The molecule has 0 unspecified atom stereocenters. The van der Waals surface area contributed by atoms with E-state index in [-0.39, 0.29) is 24.2 Å². The molecular formula is C20H16S. The number of fused-ring (bicyclic) bond motifs is 3. The van der Waals surface area contributed by atoms with E-state index in [2.05, 4.69) is 12.1 Å². The quantitative estimate of drug-likeness (QED) is 0.384. The summed E-state index contributed by atoms with van der Waals surface area (Å²) in [5.74, 6) is 0. The molecule has 0 aliphatic rings. The molecule has 0 nitrogen and oxygen atoms in total. The lowest BCUT2D eigenvalue weighted by molar-refractivity contribution is 1.45. The van der Waals surface area contributed by atoms with Crippen LogP contribution in [0.3, 0.4) is 0 Å². The van der Waals surface area contributed by atoms with Crippen LogP contribution in [0.2, 0.25) is 0 Å². The predicted molar refractivity (Wildman–Crippen MR) is 94.2 cm³/mol. The van der Waals surface area contributed by atoms with Crippen LogP contribution in [0.5, 0.6) is 0 Å². The van der Waals surface area contributed by atoms with Gasteiger partial charge < -0.3 is 0 Å². The van der Waals surface area contributed by atoms with Crippen LogP contribution in [-0.4, -0.2) is 0 Å². The van der Waals surface area contributed by atoms with Gasteiger partial charge >= 0.3 is 0 Å². The van der Waals surface area contributed by atoms with Crippen molar-refractivity contribution in [2.24, 2.45) is 0 Å². The van der Waals surface area contributed by atoms with Gasteiger partial charge in [-0.05, 0) is 36.6 Å². The van der Waals surface area contributed by atoms with Crippen LogP contribution in [0.15, 0.2) is 60.6 Å². The topological polar surface area (TPSA) is 0 Å².